The van der Waals surface area contributed by atoms with Crippen LogP contribution in [0.25, 0.3) is 10.8 Å². The van der Waals surface area contributed by atoms with Crippen molar-refractivity contribution in [3.8, 4) is 0 Å². The van der Waals surface area contributed by atoms with Crippen LogP contribution in [-0.2, 0) is 0 Å². The van der Waals surface area contributed by atoms with Crippen LogP contribution in [0.1, 0.15) is 34.8 Å². The summed E-state index contributed by atoms with van der Waals surface area (Å²) in [5.41, 5.74) is 1.32. The highest BCUT2D eigenvalue weighted by atomic mass is 16.2. The lowest BCUT2D eigenvalue weighted by Crippen LogP contribution is -2.38. The number of carbonyl (C=O) groups is 1. The van der Waals surface area contributed by atoms with Crippen LogP contribution in [-0.4, -0.2) is 39.1 Å². The first-order chi connectivity index (χ1) is 12.2. The molecule has 1 saturated heterocycles. The highest BCUT2D eigenvalue weighted by Crippen LogP contribution is 2.28. The number of amides is 1. The zero-order chi connectivity index (χ0) is 17.2. The highest BCUT2D eigenvalue weighted by Gasteiger charge is 2.26. The van der Waals surface area contributed by atoms with Crippen LogP contribution in [0.5, 0.6) is 0 Å². The van der Waals surface area contributed by atoms with Gasteiger partial charge in [0.15, 0.2) is 5.69 Å². The van der Waals surface area contributed by atoms with Gasteiger partial charge >= 0.3 is 0 Å². The van der Waals surface area contributed by atoms with E-state index in [1.54, 1.807) is 18.2 Å². The van der Waals surface area contributed by atoms with Crippen LogP contribution in [0.15, 0.2) is 53.6 Å². The first kappa shape index (κ1) is 15.5. The van der Waals surface area contributed by atoms with Gasteiger partial charge < -0.3 is 4.90 Å². The monoisotopic (exact) mass is 334 g/mol. The molecule has 0 atom stereocenters. The van der Waals surface area contributed by atoms with Crippen LogP contribution < -0.4 is 5.56 Å². The van der Waals surface area contributed by atoms with Crippen molar-refractivity contribution in [2.75, 3.05) is 13.1 Å². The Hall–Kier alpha value is -3.02. The van der Waals surface area contributed by atoms with Gasteiger partial charge in [0.05, 0.1) is 5.39 Å². The summed E-state index contributed by atoms with van der Waals surface area (Å²) in [6.07, 6.45) is 5.44. The highest BCUT2D eigenvalue weighted by molar-refractivity contribution is 6.04. The molecule has 2 aromatic heterocycles. The number of fused-ring (bicyclic) bond motifs is 1. The fourth-order valence-electron chi connectivity index (χ4n) is 3.48. The van der Waals surface area contributed by atoms with Crippen molar-refractivity contribution in [2.24, 2.45) is 0 Å². The van der Waals surface area contributed by atoms with E-state index in [0.29, 0.717) is 35.5 Å². The summed E-state index contributed by atoms with van der Waals surface area (Å²) in [5, 5.41) is 7.56. The van der Waals surface area contributed by atoms with Crippen molar-refractivity contribution < 1.29 is 4.79 Å². The molecule has 0 saturated carbocycles. The lowest BCUT2D eigenvalue weighted by Gasteiger charge is -2.32. The van der Waals surface area contributed by atoms with Gasteiger partial charge in [-0.25, -0.2) is 5.10 Å². The summed E-state index contributed by atoms with van der Waals surface area (Å²) in [7, 11) is 0. The fourth-order valence-corrected chi connectivity index (χ4v) is 3.48. The van der Waals surface area contributed by atoms with Gasteiger partial charge in [-0.3, -0.25) is 14.6 Å². The van der Waals surface area contributed by atoms with E-state index in [4.69, 9.17) is 0 Å². The first-order valence-corrected chi connectivity index (χ1v) is 8.40. The summed E-state index contributed by atoms with van der Waals surface area (Å²) in [5.74, 6) is 0.327. The Bertz CT molecular complexity index is 960. The predicted molar refractivity (Wildman–Crippen MR) is 94.5 cm³/mol. The topological polar surface area (TPSA) is 79.0 Å². The average molecular weight is 334 g/mol. The standard InChI is InChI=1S/C19H18N4O2/c24-18-16-4-2-1-3-15(16)17(21-22-18)19(25)23-11-7-14(8-12-23)13-5-9-20-10-6-13/h1-6,9-10,14H,7-8,11-12H2,(H,22,24). The van der Waals surface area contributed by atoms with Gasteiger partial charge in [-0.1, -0.05) is 18.2 Å². The molecule has 0 unspecified atom stereocenters. The molecule has 1 aliphatic heterocycles. The Kier molecular flexibility index (Phi) is 4.01. The molecule has 1 aromatic carbocycles. The molecule has 3 heterocycles. The molecular formula is C19H18N4O2. The van der Waals surface area contributed by atoms with E-state index in [9.17, 15) is 9.59 Å². The number of H-pyrrole nitrogens is 1. The van der Waals surface area contributed by atoms with E-state index in [1.807, 2.05) is 35.5 Å². The zero-order valence-corrected chi connectivity index (χ0v) is 13.7. The van der Waals surface area contributed by atoms with Gasteiger partial charge in [0, 0.05) is 30.9 Å². The molecule has 126 valence electrons. The second kappa shape index (κ2) is 6.47. The summed E-state index contributed by atoms with van der Waals surface area (Å²) in [6, 6.07) is 11.2. The van der Waals surface area contributed by atoms with Gasteiger partial charge in [0.1, 0.15) is 0 Å². The van der Waals surface area contributed by atoms with Crippen LogP contribution in [0.3, 0.4) is 0 Å². The molecule has 0 spiro atoms. The number of piperidine rings is 1. The van der Waals surface area contributed by atoms with E-state index in [-0.39, 0.29) is 11.5 Å². The maximum atomic E-state index is 12.9. The maximum absolute atomic E-state index is 12.9. The van der Waals surface area contributed by atoms with Crippen molar-refractivity contribution in [1.82, 2.24) is 20.1 Å². The van der Waals surface area contributed by atoms with Crippen molar-refractivity contribution in [3.63, 3.8) is 0 Å². The molecule has 0 aliphatic carbocycles. The second-order valence-electron chi connectivity index (χ2n) is 6.29. The second-order valence-corrected chi connectivity index (χ2v) is 6.29. The number of pyridine rings is 1. The maximum Gasteiger partial charge on any atom is 0.274 e. The molecule has 4 rings (SSSR count). The molecule has 1 aliphatic rings. The van der Waals surface area contributed by atoms with E-state index in [1.165, 1.54) is 5.56 Å². The van der Waals surface area contributed by atoms with Crippen LogP contribution in [0.4, 0.5) is 0 Å². The quantitative estimate of drug-likeness (QED) is 0.780. The molecule has 6 heteroatoms. The number of nitrogens with zero attached hydrogens (tertiary/aromatic N) is 3. The molecule has 6 nitrogen and oxygen atoms in total. The number of aromatic nitrogens is 3. The molecule has 0 bridgehead atoms. The minimum Gasteiger partial charge on any atom is -0.337 e. The largest absolute Gasteiger partial charge is 0.337 e. The van der Waals surface area contributed by atoms with Crippen molar-refractivity contribution in [2.45, 2.75) is 18.8 Å². The third-order valence-corrected chi connectivity index (χ3v) is 4.86. The lowest BCUT2D eigenvalue weighted by molar-refractivity contribution is 0.0708. The van der Waals surface area contributed by atoms with Crippen molar-refractivity contribution in [1.29, 1.82) is 0 Å². The third-order valence-electron chi connectivity index (χ3n) is 4.86. The minimum atomic E-state index is -0.274. The number of benzene rings is 1. The molecule has 3 aromatic rings. The normalized spacial score (nSPS) is 15.4. The lowest BCUT2D eigenvalue weighted by atomic mass is 9.90. The number of hydrogen-bond donors (Lipinski definition) is 1. The van der Waals surface area contributed by atoms with Crippen LogP contribution >= 0.6 is 0 Å². The van der Waals surface area contributed by atoms with Gasteiger partial charge in [0.25, 0.3) is 11.5 Å². The summed E-state index contributed by atoms with van der Waals surface area (Å²) >= 11 is 0. The van der Waals surface area contributed by atoms with Crippen LogP contribution in [0, 0.1) is 0 Å². The molecule has 1 N–H and O–H groups in total. The summed E-state index contributed by atoms with van der Waals surface area (Å²) in [4.78, 5) is 30.7. The first-order valence-electron chi connectivity index (χ1n) is 8.40. The minimum absolute atomic E-state index is 0.124. The molecular weight excluding hydrogens is 316 g/mol. The fraction of sp³-hybridized carbons (Fsp3) is 0.263. The Balaban J connectivity index is 1.55. The molecule has 1 amide bonds. The molecule has 1 fully saturated rings. The molecule has 25 heavy (non-hydrogen) atoms. The number of rotatable bonds is 2. The number of aromatic amines is 1. The number of hydrogen-bond acceptors (Lipinski definition) is 4. The van der Waals surface area contributed by atoms with Crippen molar-refractivity contribution >= 4 is 16.7 Å². The Morgan fingerprint density at radius 2 is 1.72 bits per heavy atom. The van der Waals surface area contributed by atoms with Gasteiger partial charge in [0.2, 0.25) is 0 Å². The Labute approximate surface area is 144 Å². The Morgan fingerprint density at radius 3 is 2.44 bits per heavy atom. The van der Waals surface area contributed by atoms with Gasteiger partial charge in [-0.2, -0.15) is 5.10 Å². The zero-order valence-electron chi connectivity index (χ0n) is 13.7. The van der Waals surface area contributed by atoms with Crippen LogP contribution in [0.2, 0.25) is 0 Å². The van der Waals surface area contributed by atoms with Gasteiger partial charge in [-0.15, -0.1) is 0 Å². The summed E-state index contributed by atoms with van der Waals surface area (Å²) < 4.78 is 0. The molecule has 0 radical (unpaired) electrons. The third kappa shape index (κ3) is 2.91. The Morgan fingerprint density at radius 1 is 1.04 bits per heavy atom. The van der Waals surface area contributed by atoms with Gasteiger partial charge in [-0.05, 0) is 42.5 Å². The van der Waals surface area contributed by atoms with Crippen molar-refractivity contribution in [3.05, 3.63) is 70.4 Å². The smallest absolute Gasteiger partial charge is 0.274 e. The number of carbonyl (C=O) groups excluding carboxylic acids is 1. The number of likely N-dealkylation sites (tertiary alicyclic amines) is 1. The average Bonchev–Trinajstić information content (AvgIpc) is 2.69. The van der Waals surface area contributed by atoms with E-state index in [2.05, 4.69) is 15.2 Å². The SMILES string of the molecule is O=C(c1n[nH]c(=O)c2ccccc12)N1CCC(c2ccncc2)CC1. The number of nitrogens with one attached hydrogen (secondary N) is 1. The van der Waals surface area contributed by atoms with E-state index < -0.39 is 0 Å². The van der Waals surface area contributed by atoms with E-state index in [0.717, 1.165) is 12.8 Å². The van der Waals surface area contributed by atoms with E-state index >= 15 is 0 Å². The summed E-state index contributed by atoms with van der Waals surface area (Å²) in [6.45, 7) is 1.36. The predicted octanol–water partition coefficient (Wildman–Crippen LogP) is 2.34.